The fourth-order valence-electron chi connectivity index (χ4n) is 1.60. The summed E-state index contributed by atoms with van der Waals surface area (Å²) in [4.78, 5) is 11.9. The molecule has 2 aromatic rings. The summed E-state index contributed by atoms with van der Waals surface area (Å²) in [6.07, 6.45) is 0.251. The minimum Gasteiger partial charge on any atom is -0.294 e. The van der Waals surface area contributed by atoms with Crippen LogP contribution in [0.25, 0.3) is 0 Å². The van der Waals surface area contributed by atoms with Crippen molar-refractivity contribution in [2.24, 2.45) is 0 Å². The number of hydrogen-bond acceptors (Lipinski definition) is 1. The summed E-state index contributed by atoms with van der Waals surface area (Å²) in [5, 5.41) is 0.237. The molecular formula is C14H10ClFO. The van der Waals surface area contributed by atoms with Crippen LogP contribution < -0.4 is 0 Å². The molecule has 0 saturated carbocycles. The van der Waals surface area contributed by atoms with Gasteiger partial charge in [-0.1, -0.05) is 41.9 Å². The molecule has 0 fully saturated rings. The van der Waals surface area contributed by atoms with Crippen molar-refractivity contribution in [3.63, 3.8) is 0 Å². The zero-order chi connectivity index (χ0) is 12.3. The van der Waals surface area contributed by atoms with Gasteiger partial charge in [0.2, 0.25) is 0 Å². The van der Waals surface area contributed by atoms with Gasteiger partial charge in [-0.25, -0.2) is 4.39 Å². The fraction of sp³-hybridized carbons (Fsp3) is 0.0714. The van der Waals surface area contributed by atoms with Gasteiger partial charge in [0, 0.05) is 17.0 Å². The summed E-state index contributed by atoms with van der Waals surface area (Å²) in [5.74, 6) is -0.633. The molecule has 3 heteroatoms. The van der Waals surface area contributed by atoms with Crippen LogP contribution in [-0.4, -0.2) is 5.78 Å². The van der Waals surface area contributed by atoms with E-state index in [9.17, 15) is 9.18 Å². The van der Waals surface area contributed by atoms with Gasteiger partial charge in [0.15, 0.2) is 5.78 Å². The Balaban J connectivity index is 2.20. The second kappa shape index (κ2) is 5.11. The molecule has 0 atom stereocenters. The average molecular weight is 249 g/mol. The molecule has 0 amide bonds. The molecule has 86 valence electrons. The van der Waals surface area contributed by atoms with Gasteiger partial charge in [-0.15, -0.1) is 0 Å². The predicted molar refractivity (Wildman–Crippen MR) is 65.9 cm³/mol. The van der Waals surface area contributed by atoms with Gasteiger partial charge in [0.25, 0.3) is 0 Å². The SMILES string of the molecule is O=C(Cc1ccccc1)c1cc(F)cc(Cl)c1. The molecule has 0 N–H and O–H groups in total. The molecular weight excluding hydrogens is 239 g/mol. The number of benzene rings is 2. The Kier molecular flexibility index (Phi) is 3.55. The number of halogens is 2. The molecule has 0 spiro atoms. The van der Waals surface area contributed by atoms with Crippen molar-refractivity contribution in [2.75, 3.05) is 0 Å². The zero-order valence-electron chi connectivity index (χ0n) is 8.99. The van der Waals surface area contributed by atoms with E-state index in [0.29, 0.717) is 5.56 Å². The van der Waals surface area contributed by atoms with E-state index in [-0.39, 0.29) is 17.2 Å². The highest BCUT2D eigenvalue weighted by molar-refractivity contribution is 6.31. The second-order valence-electron chi connectivity index (χ2n) is 3.74. The third-order valence-electron chi connectivity index (χ3n) is 2.39. The Labute approximate surface area is 104 Å². The van der Waals surface area contributed by atoms with Gasteiger partial charge in [0.1, 0.15) is 5.82 Å². The Morgan fingerprint density at radius 2 is 1.82 bits per heavy atom. The minimum atomic E-state index is -0.492. The summed E-state index contributed by atoms with van der Waals surface area (Å²) >= 11 is 5.70. The lowest BCUT2D eigenvalue weighted by Gasteiger charge is -2.02. The van der Waals surface area contributed by atoms with Gasteiger partial charge in [-0.05, 0) is 23.8 Å². The zero-order valence-corrected chi connectivity index (χ0v) is 9.75. The smallest absolute Gasteiger partial charge is 0.167 e. The first-order valence-electron chi connectivity index (χ1n) is 5.18. The first-order chi connectivity index (χ1) is 8.15. The first-order valence-corrected chi connectivity index (χ1v) is 5.56. The molecule has 2 rings (SSSR count). The van der Waals surface area contributed by atoms with Crippen LogP contribution in [0.3, 0.4) is 0 Å². The van der Waals surface area contributed by atoms with Crippen LogP contribution in [0.2, 0.25) is 5.02 Å². The molecule has 0 unspecified atom stereocenters. The highest BCUT2D eigenvalue weighted by Crippen LogP contribution is 2.16. The third-order valence-corrected chi connectivity index (χ3v) is 2.61. The standard InChI is InChI=1S/C14H10ClFO/c15-12-7-11(8-13(16)9-12)14(17)6-10-4-2-1-3-5-10/h1-5,7-9H,6H2. The molecule has 0 aromatic heterocycles. The molecule has 1 nitrogen and oxygen atoms in total. The number of carbonyl (C=O) groups excluding carboxylic acids is 1. The first kappa shape index (κ1) is 11.8. The maximum absolute atomic E-state index is 13.1. The van der Waals surface area contributed by atoms with E-state index >= 15 is 0 Å². The lowest BCUT2D eigenvalue weighted by atomic mass is 10.0. The Morgan fingerprint density at radius 1 is 1.12 bits per heavy atom. The molecule has 17 heavy (non-hydrogen) atoms. The predicted octanol–water partition coefficient (Wildman–Crippen LogP) is 3.90. The van der Waals surface area contributed by atoms with Crippen molar-refractivity contribution in [3.8, 4) is 0 Å². The molecule has 0 aliphatic heterocycles. The molecule has 0 aliphatic rings. The molecule has 0 aliphatic carbocycles. The number of ketones is 1. The number of Topliss-reactive ketones (excluding diaryl/α,β-unsaturated/α-hetero) is 1. The van der Waals surface area contributed by atoms with E-state index < -0.39 is 5.82 Å². The quantitative estimate of drug-likeness (QED) is 0.753. The summed E-state index contributed by atoms with van der Waals surface area (Å²) in [7, 11) is 0. The van der Waals surface area contributed by atoms with Crippen LogP contribution in [0.15, 0.2) is 48.5 Å². The minimum absolute atomic E-state index is 0.141. The molecule has 0 bridgehead atoms. The van der Waals surface area contributed by atoms with Gasteiger partial charge in [-0.3, -0.25) is 4.79 Å². The molecule has 2 aromatic carbocycles. The van der Waals surface area contributed by atoms with Gasteiger partial charge in [-0.2, -0.15) is 0 Å². The van der Waals surface area contributed by atoms with E-state index in [1.54, 1.807) is 0 Å². The van der Waals surface area contributed by atoms with E-state index in [2.05, 4.69) is 0 Å². The van der Waals surface area contributed by atoms with E-state index in [1.165, 1.54) is 18.2 Å². The van der Waals surface area contributed by atoms with Crippen molar-refractivity contribution in [2.45, 2.75) is 6.42 Å². The summed E-state index contributed by atoms with van der Waals surface area (Å²) in [5.41, 5.74) is 1.21. The molecule has 0 saturated heterocycles. The van der Waals surface area contributed by atoms with Gasteiger partial charge in [0.05, 0.1) is 0 Å². The van der Waals surface area contributed by atoms with E-state index in [0.717, 1.165) is 5.56 Å². The number of carbonyl (C=O) groups is 1. The van der Waals surface area contributed by atoms with Crippen molar-refractivity contribution < 1.29 is 9.18 Å². The van der Waals surface area contributed by atoms with Crippen LogP contribution in [0.1, 0.15) is 15.9 Å². The van der Waals surface area contributed by atoms with Crippen molar-refractivity contribution >= 4 is 17.4 Å². The summed E-state index contributed by atoms with van der Waals surface area (Å²) in [6.45, 7) is 0. The molecule has 0 radical (unpaired) electrons. The average Bonchev–Trinajstić information content (AvgIpc) is 2.29. The maximum Gasteiger partial charge on any atom is 0.167 e. The number of hydrogen-bond donors (Lipinski definition) is 0. The summed E-state index contributed by atoms with van der Waals surface area (Å²) < 4.78 is 13.1. The second-order valence-corrected chi connectivity index (χ2v) is 4.18. The largest absolute Gasteiger partial charge is 0.294 e. The van der Waals surface area contributed by atoms with E-state index in [4.69, 9.17) is 11.6 Å². The van der Waals surface area contributed by atoms with Crippen LogP contribution in [-0.2, 0) is 6.42 Å². The van der Waals surface area contributed by atoms with Crippen LogP contribution in [0.5, 0.6) is 0 Å². The topological polar surface area (TPSA) is 17.1 Å². The highest BCUT2D eigenvalue weighted by atomic mass is 35.5. The maximum atomic E-state index is 13.1. The lowest BCUT2D eigenvalue weighted by molar-refractivity contribution is 0.0992. The Bertz CT molecular complexity index is 517. The fourth-order valence-corrected chi connectivity index (χ4v) is 1.82. The molecule has 0 heterocycles. The normalized spacial score (nSPS) is 10.2. The highest BCUT2D eigenvalue weighted by Gasteiger charge is 2.09. The lowest BCUT2D eigenvalue weighted by Crippen LogP contribution is -2.03. The van der Waals surface area contributed by atoms with Gasteiger partial charge >= 0.3 is 0 Å². The van der Waals surface area contributed by atoms with Crippen LogP contribution >= 0.6 is 11.6 Å². The van der Waals surface area contributed by atoms with Crippen molar-refractivity contribution in [1.29, 1.82) is 0 Å². The number of rotatable bonds is 3. The van der Waals surface area contributed by atoms with Crippen molar-refractivity contribution in [1.82, 2.24) is 0 Å². The Morgan fingerprint density at radius 3 is 2.47 bits per heavy atom. The third kappa shape index (κ3) is 3.14. The van der Waals surface area contributed by atoms with Crippen LogP contribution in [0, 0.1) is 5.82 Å². The van der Waals surface area contributed by atoms with Crippen LogP contribution in [0.4, 0.5) is 4.39 Å². The van der Waals surface area contributed by atoms with Gasteiger partial charge < -0.3 is 0 Å². The summed E-state index contributed by atoms with van der Waals surface area (Å²) in [6, 6.07) is 13.2. The Hall–Kier alpha value is -1.67. The van der Waals surface area contributed by atoms with Crippen molar-refractivity contribution in [3.05, 3.63) is 70.5 Å². The monoisotopic (exact) mass is 248 g/mol. The van der Waals surface area contributed by atoms with E-state index in [1.807, 2.05) is 30.3 Å².